The molecule has 0 saturated carbocycles. The zero-order chi connectivity index (χ0) is 16.8. The molecule has 0 spiro atoms. The predicted octanol–water partition coefficient (Wildman–Crippen LogP) is 1.42. The Morgan fingerprint density at radius 1 is 1.17 bits per heavy atom. The van der Waals surface area contributed by atoms with Crippen LogP contribution in [-0.4, -0.2) is 41.3 Å². The smallest absolute Gasteiger partial charge is 0.354 e. The molecule has 2 N–H and O–H groups in total. The van der Waals surface area contributed by atoms with Gasteiger partial charge in [0.2, 0.25) is 0 Å². The van der Waals surface area contributed by atoms with Crippen molar-refractivity contribution < 1.29 is 19.1 Å². The summed E-state index contributed by atoms with van der Waals surface area (Å²) in [5.74, 6) is -0.0432. The topological polar surface area (TPSA) is 106 Å². The minimum Gasteiger partial charge on any atom is -0.466 e. The van der Waals surface area contributed by atoms with Crippen molar-refractivity contribution in [3.63, 3.8) is 0 Å². The number of aryl methyl sites for hydroxylation is 1. The predicted molar refractivity (Wildman–Crippen MR) is 82.3 cm³/mol. The third kappa shape index (κ3) is 4.16. The number of nitrogens with one attached hydrogen (secondary N) is 2. The minimum absolute atomic E-state index is 0.0270. The van der Waals surface area contributed by atoms with Gasteiger partial charge in [-0.2, -0.15) is 5.10 Å². The molecule has 0 aliphatic carbocycles. The summed E-state index contributed by atoms with van der Waals surface area (Å²) in [7, 11) is 2.45. The Bertz CT molecular complexity index is 734. The normalized spacial score (nSPS) is 11.0. The van der Waals surface area contributed by atoms with Crippen molar-refractivity contribution in [1.82, 2.24) is 15.2 Å². The number of carbonyl (C=O) groups is 2. The number of aromatic amines is 1. The standard InChI is InChI=1S/C15H16N4O4/c1-9-16-14(19-18-9)10-4-6-11(7-5-10)17-12(15(21)23-3)8-13(20)22-2/h4-8,17H,1-3H3,(H,16,18,19)/b12-8+. The van der Waals surface area contributed by atoms with Crippen molar-refractivity contribution in [2.75, 3.05) is 19.5 Å². The molecule has 1 heterocycles. The molecule has 8 nitrogen and oxygen atoms in total. The Balaban J connectivity index is 2.19. The van der Waals surface area contributed by atoms with E-state index >= 15 is 0 Å². The van der Waals surface area contributed by atoms with E-state index in [0.29, 0.717) is 11.5 Å². The second-order valence-electron chi connectivity index (χ2n) is 4.52. The Kier molecular flexibility index (Phi) is 5.08. The van der Waals surface area contributed by atoms with Crippen molar-refractivity contribution in [3.05, 3.63) is 41.9 Å². The van der Waals surface area contributed by atoms with E-state index in [4.69, 9.17) is 0 Å². The highest BCUT2D eigenvalue weighted by molar-refractivity contribution is 5.98. The third-order valence-electron chi connectivity index (χ3n) is 2.89. The fraction of sp³-hybridized carbons (Fsp3) is 0.200. The fourth-order valence-corrected chi connectivity index (χ4v) is 1.76. The van der Waals surface area contributed by atoms with Gasteiger partial charge in [0.1, 0.15) is 11.5 Å². The molecular weight excluding hydrogens is 300 g/mol. The van der Waals surface area contributed by atoms with E-state index in [9.17, 15) is 9.59 Å². The van der Waals surface area contributed by atoms with Gasteiger partial charge in [-0.15, -0.1) is 0 Å². The van der Waals surface area contributed by atoms with E-state index in [1.165, 1.54) is 14.2 Å². The van der Waals surface area contributed by atoms with Crippen LogP contribution >= 0.6 is 0 Å². The first-order chi connectivity index (χ1) is 11.0. The molecule has 0 radical (unpaired) electrons. The number of benzene rings is 1. The first-order valence-corrected chi connectivity index (χ1v) is 6.68. The molecular formula is C15H16N4O4. The molecule has 0 atom stereocenters. The van der Waals surface area contributed by atoms with Crippen LogP contribution < -0.4 is 5.32 Å². The quantitative estimate of drug-likeness (QED) is 0.634. The number of hydrogen-bond donors (Lipinski definition) is 2. The highest BCUT2D eigenvalue weighted by Crippen LogP contribution is 2.19. The van der Waals surface area contributed by atoms with E-state index < -0.39 is 11.9 Å². The van der Waals surface area contributed by atoms with Gasteiger partial charge in [0.15, 0.2) is 5.82 Å². The average Bonchev–Trinajstić information content (AvgIpc) is 3.00. The van der Waals surface area contributed by atoms with Crippen LogP contribution in [0.2, 0.25) is 0 Å². The fourth-order valence-electron chi connectivity index (χ4n) is 1.76. The molecule has 0 bridgehead atoms. The molecule has 2 aromatic rings. The zero-order valence-electron chi connectivity index (χ0n) is 12.9. The summed E-state index contributed by atoms with van der Waals surface area (Å²) in [6.45, 7) is 1.81. The number of methoxy groups -OCH3 is 2. The van der Waals surface area contributed by atoms with E-state index in [1.54, 1.807) is 24.3 Å². The lowest BCUT2D eigenvalue weighted by Crippen LogP contribution is -2.15. The monoisotopic (exact) mass is 316 g/mol. The van der Waals surface area contributed by atoms with Crippen LogP contribution in [-0.2, 0) is 19.1 Å². The maximum absolute atomic E-state index is 11.7. The first-order valence-electron chi connectivity index (χ1n) is 6.68. The molecule has 0 aliphatic heterocycles. The van der Waals surface area contributed by atoms with Gasteiger partial charge < -0.3 is 14.8 Å². The molecule has 0 aliphatic rings. The SMILES string of the molecule is COC(=O)/C=C(/Nc1ccc(-c2n[nH]c(C)n2)cc1)C(=O)OC. The van der Waals surface area contributed by atoms with Crippen molar-refractivity contribution in [1.29, 1.82) is 0 Å². The second kappa shape index (κ2) is 7.21. The number of aromatic nitrogens is 3. The van der Waals surface area contributed by atoms with Crippen LogP contribution in [0, 0.1) is 6.92 Å². The molecule has 0 saturated heterocycles. The van der Waals surface area contributed by atoms with Crippen LogP contribution in [0.4, 0.5) is 5.69 Å². The van der Waals surface area contributed by atoms with Gasteiger partial charge in [0.25, 0.3) is 0 Å². The molecule has 0 unspecified atom stereocenters. The molecule has 0 fully saturated rings. The number of nitrogens with zero attached hydrogens (tertiary/aromatic N) is 2. The van der Waals surface area contributed by atoms with Gasteiger partial charge in [0, 0.05) is 11.3 Å². The van der Waals surface area contributed by atoms with Crippen LogP contribution in [0.5, 0.6) is 0 Å². The number of rotatable bonds is 5. The van der Waals surface area contributed by atoms with Crippen molar-refractivity contribution in [2.24, 2.45) is 0 Å². The highest BCUT2D eigenvalue weighted by Gasteiger charge is 2.13. The molecule has 23 heavy (non-hydrogen) atoms. The molecule has 8 heteroatoms. The summed E-state index contributed by atoms with van der Waals surface area (Å²) in [6.07, 6.45) is 1.03. The number of H-pyrrole nitrogens is 1. The number of esters is 2. The Morgan fingerprint density at radius 3 is 2.39 bits per heavy atom. The van der Waals surface area contributed by atoms with E-state index in [1.807, 2.05) is 6.92 Å². The molecule has 0 amide bonds. The number of anilines is 1. The highest BCUT2D eigenvalue weighted by atomic mass is 16.5. The second-order valence-corrected chi connectivity index (χ2v) is 4.52. The third-order valence-corrected chi connectivity index (χ3v) is 2.89. The lowest BCUT2D eigenvalue weighted by atomic mass is 10.2. The van der Waals surface area contributed by atoms with Gasteiger partial charge >= 0.3 is 11.9 Å². The molecule has 1 aromatic carbocycles. The summed E-state index contributed by atoms with van der Waals surface area (Å²) in [5.41, 5.74) is 1.39. The summed E-state index contributed by atoms with van der Waals surface area (Å²) in [4.78, 5) is 27.2. The Hall–Kier alpha value is -3.16. The summed E-state index contributed by atoms with van der Waals surface area (Å²) >= 11 is 0. The van der Waals surface area contributed by atoms with Gasteiger partial charge in [-0.1, -0.05) is 0 Å². The number of carbonyl (C=O) groups excluding carboxylic acids is 2. The van der Waals surface area contributed by atoms with Crippen molar-refractivity contribution in [3.8, 4) is 11.4 Å². The van der Waals surface area contributed by atoms with Gasteiger partial charge in [-0.05, 0) is 31.2 Å². The van der Waals surface area contributed by atoms with Gasteiger partial charge in [0.05, 0.1) is 20.3 Å². The number of hydrogen-bond acceptors (Lipinski definition) is 7. The van der Waals surface area contributed by atoms with Crippen LogP contribution in [0.3, 0.4) is 0 Å². The van der Waals surface area contributed by atoms with Crippen molar-refractivity contribution in [2.45, 2.75) is 6.92 Å². The lowest BCUT2D eigenvalue weighted by molar-refractivity contribution is -0.138. The molecule has 1 aromatic heterocycles. The van der Waals surface area contributed by atoms with Gasteiger partial charge in [-0.3, -0.25) is 5.10 Å². The summed E-state index contributed by atoms with van der Waals surface area (Å²) < 4.78 is 9.13. The van der Waals surface area contributed by atoms with E-state index in [2.05, 4.69) is 30.0 Å². The minimum atomic E-state index is -0.677. The van der Waals surface area contributed by atoms with Crippen LogP contribution in [0.15, 0.2) is 36.0 Å². The maximum atomic E-state index is 11.7. The summed E-state index contributed by atoms with van der Waals surface area (Å²) in [6, 6.07) is 7.04. The summed E-state index contributed by atoms with van der Waals surface area (Å²) in [5, 5.41) is 9.65. The lowest BCUT2D eigenvalue weighted by Gasteiger charge is -2.09. The Labute approximate surface area is 132 Å². The molecule has 2 rings (SSSR count). The number of ether oxygens (including phenoxy) is 2. The average molecular weight is 316 g/mol. The van der Waals surface area contributed by atoms with Crippen molar-refractivity contribution >= 4 is 17.6 Å². The van der Waals surface area contributed by atoms with Gasteiger partial charge in [-0.25, -0.2) is 14.6 Å². The van der Waals surface area contributed by atoms with E-state index in [-0.39, 0.29) is 5.70 Å². The molecule has 120 valence electrons. The largest absolute Gasteiger partial charge is 0.466 e. The van der Waals surface area contributed by atoms with Crippen LogP contribution in [0.25, 0.3) is 11.4 Å². The zero-order valence-corrected chi connectivity index (χ0v) is 12.9. The first kappa shape index (κ1) is 16.2. The Morgan fingerprint density at radius 2 is 1.87 bits per heavy atom. The van der Waals surface area contributed by atoms with E-state index in [0.717, 1.165) is 17.5 Å². The maximum Gasteiger partial charge on any atom is 0.354 e. The van der Waals surface area contributed by atoms with Crippen LogP contribution in [0.1, 0.15) is 5.82 Å².